The Morgan fingerprint density at radius 2 is 2.36 bits per heavy atom. The summed E-state index contributed by atoms with van der Waals surface area (Å²) in [6.45, 7) is 2.64. The van der Waals surface area contributed by atoms with Gasteiger partial charge in [0, 0.05) is 12.2 Å². The van der Waals surface area contributed by atoms with E-state index in [0.717, 1.165) is 24.2 Å². The standard InChI is InChI=1S/C11H13NO2/c1-7(11(13)14)9-4-2-3-8-5-6-12-10(8)9/h2-4,7,12H,5-6H2,1H3,(H,13,14). The molecule has 0 spiro atoms. The molecule has 0 aliphatic carbocycles. The fraction of sp³-hybridized carbons (Fsp3) is 0.364. The first-order valence-corrected chi connectivity index (χ1v) is 4.78. The van der Waals surface area contributed by atoms with E-state index in [1.807, 2.05) is 18.2 Å². The highest BCUT2D eigenvalue weighted by Gasteiger charge is 2.21. The molecule has 0 saturated carbocycles. The van der Waals surface area contributed by atoms with Crippen LogP contribution in [0.15, 0.2) is 18.2 Å². The minimum Gasteiger partial charge on any atom is -0.481 e. The Labute approximate surface area is 82.8 Å². The van der Waals surface area contributed by atoms with E-state index in [9.17, 15) is 4.79 Å². The Bertz CT molecular complexity index is 374. The van der Waals surface area contributed by atoms with Crippen molar-refractivity contribution in [2.45, 2.75) is 19.3 Å². The normalized spacial score (nSPS) is 15.8. The Morgan fingerprint density at radius 1 is 1.57 bits per heavy atom. The lowest BCUT2D eigenvalue weighted by Crippen LogP contribution is -2.09. The van der Waals surface area contributed by atoms with Crippen LogP contribution < -0.4 is 5.32 Å². The van der Waals surface area contributed by atoms with Crippen molar-refractivity contribution in [2.75, 3.05) is 11.9 Å². The van der Waals surface area contributed by atoms with Crippen LogP contribution in [0.1, 0.15) is 24.0 Å². The SMILES string of the molecule is CC(C(=O)O)c1cccc2c1NCC2. The van der Waals surface area contributed by atoms with Gasteiger partial charge in [0.05, 0.1) is 5.92 Å². The molecule has 3 nitrogen and oxygen atoms in total. The molecule has 1 aromatic carbocycles. The highest BCUT2D eigenvalue weighted by molar-refractivity contribution is 5.79. The van der Waals surface area contributed by atoms with Gasteiger partial charge in [0.2, 0.25) is 0 Å². The minimum absolute atomic E-state index is 0.435. The van der Waals surface area contributed by atoms with Crippen LogP contribution in [0.5, 0.6) is 0 Å². The van der Waals surface area contributed by atoms with Crippen molar-refractivity contribution in [3.63, 3.8) is 0 Å². The summed E-state index contributed by atoms with van der Waals surface area (Å²) in [7, 11) is 0. The molecule has 1 unspecified atom stereocenters. The Hall–Kier alpha value is -1.51. The number of anilines is 1. The number of carboxylic acids is 1. The number of benzene rings is 1. The van der Waals surface area contributed by atoms with Crippen LogP contribution in [-0.2, 0) is 11.2 Å². The molecule has 0 amide bonds. The summed E-state index contributed by atoms with van der Waals surface area (Å²) in [6.07, 6.45) is 0.996. The monoisotopic (exact) mass is 191 g/mol. The zero-order valence-electron chi connectivity index (χ0n) is 8.08. The second kappa shape index (κ2) is 3.33. The third kappa shape index (κ3) is 1.35. The van der Waals surface area contributed by atoms with Crippen molar-refractivity contribution < 1.29 is 9.90 Å². The lowest BCUT2D eigenvalue weighted by atomic mass is 9.97. The first-order chi connectivity index (χ1) is 6.70. The van der Waals surface area contributed by atoms with E-state index in [1.54, 1.807) is 6.92 Å². The molecule has 1 aliphatic rings. The number of nitrogens with one attached hydrogen (secondary N) is 1. The van der Waals surface area contributed by atoms with Crippen molar-refractivity contribution >= 4 is 11.7 Å². The van der Waals surface area contributed by atoms with Crippen molar-refractivity contribution in [1.29, 1.82) is 0 Å². The van der Waals surface area contributed by atoms with Gasteiger partial charge in [0.25, 0.3) is 0 Å². The molecule has 0 fully saturated rings. The van der Waals surface area contributed by atoms with E-state index < -0.39 is 11.9 Å². The minimum atomic E-state index is -0.771. The zero-order chi connectivity index (χ0) is 10.1. The van der Waals surface area contributed by atoms with E-state index in [4.69, 9.17) is 5.11 Å². The molecule has 1 aliphatic heterocycles. The van der Waals surface area contributed by atoms with Gasteiger partial charge in [-0.3, -0.25) is 4.79 Å². The predicted molar refractivity (Wildman–Crippen MR) is 54.7 cm³/mol. The van der Waals surface area contributed by atoms with Gasteiger partial charge in [-0.25, -0.2) is 0 Å². The Balaban J connectivity index is 2.44. The molecule has 0 bridgehead atoms. The maximum atomic E-state index is 10.9. The summed E-state index contributed by atoms with van der Waals surface area (Å²) in [6, 6.07) is 5.87. The molecule has 74 valence electrons. The molecule has 0 saturated heterocycles. The molecule has 0 aromatic heterocycles. The van der Waals surface area contributed by atoms with Crippen molar-refractivity contribution in [3.05, 3.63) is 29.3 Å². The molecule has 14 heavy (non-hydrogen) atoms. The molecule has 1 aromatic rings. The smallest absolute Gasteiger partial charge is 0.310 e. The van der Waals surface area contributed by atoms with E-state index in [0.29, 0.717) is 0 Å². The maximum absolute atomic E-state index is 10.9. The number of rotatable bonds is 2. The van der Waals surface area contributed by atoms with Crippen molar-refractivity contribution in [3.8, 4) is 0 Å². The van der Waals surface area contributed by atoms with Crippen LogP contribution in [0.4, 0.5) is 5.69 Å². The summed E-state index contributed by atoms with van der Waals surface area (Å²) in [5.41, 5.74) is 3.16. The van der Waals surface area contributed by atoms with Crippen LogP contribution in [0.25, 0.3) is 0 Å². The van der Waals surface area contributed by atoms with E-state index >= 15 is 0 Å². The number of hydrogen-bond acceptors (Lipinski definition) is 2. The molecule has 2 rings (SSSR count). The fourth-order valence-corrected chi connectivity index (χ4v) is 1.86. The topological polar surface area (TPSA) is 49.3 Å². The second-order valence-electron chi connectivity index (χ2n) is 3.62. The summed E-state index contributed by atoms with van der Waals surface area (Å²) < 4.78 is 0. The van der Waals surface area contributed by atoms with Crippen molar-refractivity contribution in [1.82, 2.24) is 0 Å². The number of carbonyl (C=O) groups is 1. The summed E-state index contributed by atoms with van der Waals surface area (Å²) in [5.74, 6) is -1.21. The van der Waals surface area contributed by atoms with Gasteiger partial charge >= 0.3 is 5.97 Å². The second-order valence-corrected chi connectivity index (χ2v) is 3.62. The van der Waals surface area contributed by atoms with Gasteiger partial charge in [0.15, 0.2) is 0 Å². The molecular formula is C11H13NO2. The molecule has 3 heteroatoms. The van der Waals surface area contributed by atoms with Crippen molar-refractivity contribution in [2.24, 2.45) is 0 Å². The molecular weight excluding hydrogens is 178 g/mol. The summed E-state index contributed by atoms with van der Waals surface area (Å²) in [4.78, 5) is 10.9. The number of hydrogen-bond donors (Lipinski definition) is 2. The highest BCUT2D eigenvalue weighted by atomic mass is 16.4. The lowest BCUT2D eigenvalue weighted by molar-refractivity contribution is -0.138. The van der Waals surface area contributed by atoms with Gasteiger partial charge in [0.1, 0.15) is 0 Å². The first kappa shape index (κ1) is 9.06. The average molecular weight is 191 g/mol. The Kier molecular flexibility index (Phi) is 2.15. The van der Waals surface area contributed by atoms with Gasteiger partial charge < -0.3 is 10.4 Å². The quantitative estimate of drug-likeness (QED) is 0.750. The van der Waals surface area contributed by atoms with Gasteiger partial charge in [-0.05, 0) is 24.5 Å². The van der Waals surface area contributed by atoms with Crippen LogP contribution in [0.3, 0.4) is 0 Å². The average Bonchev–Trinajstić information content (AvgIpc) is 2.63. The zero-order valence-corrected chi connectivity index (χ0v) is 8.08. The van der Waals surface area contributed by atoms with Crippen LogP contribution in [-0.4, -0.2) is 17.6 Å². The van der Waals surface area contributed by atoms with Crippen LogP contribution in [0, 0.1) is 0 Å². The summed E-state index contributed by atoms with van der Waals surface area (Å²) >= 11 is 0. The fourth-order valence-electron chi connectivity index (χ4n) is 1.86. The summed E-state index contributed by atoms with van der Waals surface area (Å²) in [5, 5.41) is 12.2. The number of aliphatic carboxylic acids is 1. The van der Waals surface area contributed by atoms with Gasteiger partial charge in [-0.15, -0.1) is 0 Å². The highest BCUT2D eigenvalue weighted by Crippen LogP contribution is 2.31. The number of carboxylic acid groups (broad SMARTS) is 1. The van der Waals surface area contributed by atoms with Gasteiger partial charge in [-0.2, -0.15) is 0 Å². The predicted octanol–water partition coefficient (Wildman–Crippen LogP) is 1.84. The Morgan fingerprint density at radius 3 is 3.07 bits per heavy atom. The van der Waals surface area contributed by atoms with E-state index in [-0.39, 0.29) is 0 Å². The largest absolute Gasteiger partial charge is 0.481 e. The van der Waals surface area contributed by atoms with Gasteiger partial charge in [-0.1, -0.05) is 18.2 Å². The lowest BCUT2D eigenvalue weighted by Gasteiger charge is -2.12. The third-order valence-electron chi connectivity index (χ3n) is 2.72. The van der Waals surface area contributed by atoms with Crippen LogP contribution in [0.2, 0.25) is 0 Å². The number of fused-ring (bicyclic) bond motifs is 1. The molecule has 1 heterocycles. The molecule has 2 N–H and O–H groups in total. The van der Waals surface area contributed by atoms with Crippen LogP contribution >= 0.6 is 0 Å². The van der Waals surface area contributed by atoms with E-state index in [2.05, 4.69) is 5.32 Å². The molecule has 0 radical (unpaired) electrons. The maximum Gasteiger partial charge on any atom is 0.310 e. The first-order valence-electron chi connectivity index (χ1n) is 4.78. The number of para-hydroxylation sites is 1. The molecule has 1 atom stereocenters. The van der Waals surface area contributed by atoms with E-state index in [1.165, 1.54) is 5.56 Å². The third-order valence-corrected chi connectivity index (χ3v) is 2.72.